The molecular weight excluding hydrogens is 393 g/mol. The van der Waals surface area contributed by atoms with Gasteiger partial charge in [0.05, 0.1) is 0 Å². The summed E-state index contributed by atoms with van der Waals surface area (Å²) in [5, 5.41) is 5.65. The van der Waals surface area contributed by atoms with Crippen molar-refractivity contribution in [2.75, 3.05) is 27.2 Å². The molecule has 0 spiro atoms. The van der Waals surface area contributed by atoms with Crippen molar-refractivity contribution in [1.82, 2.24) is 10.2 Å². The van der Waals surface area contributed by atoms with Crippen molar-refractivity contribution >= 4 is 41.3 Å². The van der Waals surface area contributed by atoms with E-state index in [-0.39, 0.29) is 24.0 Å². The van der Waals surface area contributed by atoms with Crippen LogP contribution >= 0.6 is 35.3 Å². The van der Waals surface area contributed by atoms with Crippen molar-refractivity contribution in [3.05, 3.63) is 34.5 Å². The van der Waals surface area contributed by atoms with Crippen molar-refractivity contribution in [2.45, 2.75) is 25.7 Å². The van der Waals surface area contributed by atoms with Gasteiger partial charge < -0.3 is 10.2 Å². The standard InChI is InChI=1S/C16H25N3S.HI/c1-17-16(18-13-14-7-4-3-5-8-14)19(2)11-10-15-9-6-12-20-15;/h3-4,6,9,12,14H,5,7-8,10-11,13H2,1-2H3,(H,17,18);1H. The van der Waals surface area contributed by atoms with Crippen LogP contribution in [0.2, 0.25) is 0 Å². The van der Waals surface area contributed by atoms with Crippen LogP contribution in [0.3, 0.4) is 0 Å². The SMILES string of the molecule is CN=C(NCC1CC=CCC1)N(C)CCc1cccs1.I. The van der Waals surface area contributed by atoms with Crippen molar-refractivity contribution in [3.8, 4) is 0 Å². The van der Waals surface area contributed by atoms with Crippen LogP contribution in [0.25, 0.3) is 0 Å². The van der Waals surface area contributed by atoms with Gasteiger partial charge in [-0.05, 0) is 43.0 Å². The Kier molecular flexibility index (Phi) is 8.99. The molecule has 1 aromatic rings. The van der Waals surface area contributed by atoms with Crippen LogP contribution in [0.4, 0.5) is 0 Å². The molecule has 3 nitrogen and oxygen atoms in total. The average molecular weight is 419 g/mol. The molecule has 0 aromatic carbocycles. The Labute approximate surface area is 149 Å². The van der Waals surface area contributed by atoms with Crippen molar-refractivity contribution in [1.29, 1.82) is 0 Å². The number of allylic oxidation sites excluding steroid dienone is 2. The number of guanidine groups is 1. The molecule has 2 rings (SSSR count). The molecule has 1 aliphatic rings. The van der Waals surface area contributed by atoms with Crippen molar-refractivity contribution in [3.63, 3.8) is 0 Å². The molecule has 0 amide bonds. The lowest BCUT2D eigenvalue weighted by Crippen LogP contribution is -2.42. The van der Waals surface area contributed by atoms with Gasteiger partial charge in [-0.1, -0.05) is 18.2 Å². The number of hydrogen-bond acceptors (Lipinski definition) is 2. The first-order valence-electron chi connectivity index (χ1n) is 7.38. The number of likely N-dealkylation sites (N-methyl/N-ethyl adjacent to an activating group) is 1. The van der Waals surface area contributed by atoms with Gasteiger partial charge in [0.2, 0.25) is 0 Å². The van der Waals surface area contributed by atoms with Gasteiger partial charge in [-0.2, -0.15) is 0 Å². The molecule has 1 N–H and O–H groups in total. The Bertz CT molecular complexity index is 442. The number of nitrogens with zero attached hydrogens (tertiary/aromatic N) is 2. The van der Waals surface area contributed by atoms with Gasteiger partial charge in [0.25, 0.3) is 0 Å². The molecule has 0 saturated carbocycles. The summed E-state index contributed by atoms with van der Waals surface area (Å²) in [6.07, 6.45) is 9.39. The molecule has 1 heterocycles. The number of rotatable bonds is 5. The van der Waals surface area contributed by atoms with Gasteiger partial charge in [-0.15, -0.1) is 35.3 Å². The predicted octanol–water partition coefficient (Wildman–Crippen LogP) is 3.77. The second-order valence-corrected chi connectivity index (χ2v) is 6.36. The first-order valence-corrected chi connectivity index (χ1v) is 8.26. The van der Waals surface area contributed by atoms with Gasteiger partial charge >= 0.3 is 0 Å². The third kappa shape index (κ3) is 6.38. The maximum Gasteiger partial charge on any atom is 0.193 e. The molecule has 1 aromatic heterocycles. The zero-order valence-electron chi connectivity index (χ0n) is 12.9. The highest BCUT2D eigenvalue weighted by atomic mass is 127. The zero-order chi connectivity index (χ0) is 14.2. The highest BCUT2D eigenvalue weighted by Gasteiger charge is 2.12. The van der Waals surface area contributed by atoms with Crippen molar-refractivity contribution < 1.29 is 0 Å². The number of hydrogen-bond donors (Lipinski definition) is 1. The van der Waals surface area contributed by atoms with E-state index < -0.39 is 0 Å². The lowest BCUT2D eigenvalue weighted by atomic mass is 9.94. The molecule has 0 saturated heterocycles. The zero-order valence-corrected chi connectivity index (χ0v) is 16.1. The molecule has 5 heteroatoms. The van der Waals surface area contributed by atoms with Crippen LogP contribution in [0.1, 0.15) is 24.1 Å². The van der Waals surface area contributed by atoms with E-state index in [0.29, 0.717) is 0 Å². The molecular formula is C16H26IN3S. The second kappa shape index (κ2) is 10.2. The van der Waals surface area contributed by atoms with E-state index in [2.05, 4.69) is 51.9 Å². The fourth-order valence-electron chi connectivity index (χ4n) is 2.50. The molecule has 1 unspecified atom stereocenters. The number of thiophene rings is 1. The Hall–Kier alpha value is -0.560. The maximum atomic E-state index is 4.39. The topological polar surface area (TPSA) is 27.6 Å². The van der Waals surface area contributed by atoms with E-state index in [1.165, 1.54) is 24.1 Å². The van der Waals surface area contributed by atoms with Crippen LogP contribution in [0.15, 0.2) is 34.7 Å². The summed E-state index contributed by atoms with van der Waals surface area (Å²) >= 11 is 1.83. The lowest BCUT2D eigenvalue weighted by molar-refractivity contribution is 0.440. The number of halogens is 1. The summed E-state index contributed by atoms with van der Waals surface area (Å²) in [4.78, 5) is 8.04. The summed E-state index contributed by atoms with van der Waals surface area (Å²) < 4.78 is 0. The summed E-state index contributed by atoms with van der Waals surface area (Å²) in [5.41, 5.74) is 0. The molecule has 0 aliphatic heterocycles. The van der Waals surface area contributed by atoms with Crippen LogP contribution < -0.4 is 5.32 Å². The van der Waals surface area contributed by atoms with E-state index in [0.717, 1.165) is 31.4 Å². The van der Waals surface area contributed by atoms with Crippen molar-refractivity contribution in [2.24, 2.45) is 10.9 Å². The van der Waals surface area contributed by atoms with E-state index in [1.54, 1.807) is 0 Å². The van der Waals surface area contributed by atoms with Gasteiger partial charge in [-0.25, -0.2) is 0 Å². The van der Waals surface area contributed by atoms with Gasteiger partial charge in [0.15, 0.2) is 5.96 Å². The fraction of sp³-hybridized carbons (Fsp3) is 0.562. The first-order chi connectivity index (χ1) is 9.79. The Morgan fingerprint density at radius 2 is 2.33 bits per heavy atom. The Morgan fingerprint density at radius 1 is 1.48 bits per heavy atom. The summed E-state index contributed by atoms with van der Waals surface area (Å²) in [6, 6.07) is 4.31. The number of nitrogens with one attached hydrogen (secondary N) is 1. The monoisotopic (exact) mass is 419 g/mol. The molecule has 1 aliphatic carbocycles. The minimum absolute atomic E-state index is 0. The van der Waals surface area contributed by atoms with Gasteiger partial charge in [0, 0.05) is 32.1 Å². The first kappa shape index (κ1) is 18.5. The van der Waals surface area contributed by atoms with Crippen LogP contribution in [0.5, 0.6) is 0 Å². The fourth-order valence-corrected chi connectivity index (χ4v) is 3.20. The molecule has 118 valence electrons. The molecule has 1 atom stereocenters. The molecule has 0 fully saturated rings. The highest BCUT2D eigenvalue weighted by molar-refractivity contribution is 14.0. The van der Waals surface area contributed by atoms with E-state index >= 15 is 0 Å². The molecule has 21 heavy (non-hydrogen) atoms. The predicted molar refractivity (Wildman–Crippen MR) is 104 cm³/mol. The van der Waals surface area contributed by atoms with Crippen LogP contribution in [-0.4, -0.2) is 38.0 Å². The molecule has 0 radical (unpaired) electrons. The minimum Gasteiger partial charge on any atom is -0.356 e. The Balaban J connectivity index is 0.00000220. The quantitative estimate of drug-likeness (QED) is 0.341. The second-order valence-electron chi connectivity index (χ2n) is 5.33. The maximum absolute atomic E-state index is 4.39. The largest absolute Gasteiger partial charge is 0.356 e. The highest BCUT2D eigenvalue weighted by Crippen LogP contribution is 2.17. The minimum atomic E-state index is 0. The lowest BCUT2D eigenvalue weighted by Gasteiger charge is -2.25. The van der Waals surface area contributed by atoms with Gasteiger partial charge in [0.1, 0.15) is 0 Å². The Morgan fingerprint density at radius 3 is 2.95 bits per heavy atom. The van der Waals surface area contributed by atoms with Crippen LogP contribution in [0, 0.1) is 5.92 Å². The third-order valence-corrected chi connectivity index (χ3v) is 4.71. The van der Waals surface area contributed by atoms with Crippen LogP contribution in [-0.2, 0) is 6.42 Å². The van der Waals surface area contributed by atoms with E-state index in [1.807, 2.05) is 18.4 Å². The third-order valence-electron chi connectivity index (χ3n) is 3.77. The summed E-state index contributed by atoms with van der Waals surface area (Å²) in [6.45, 7) is 2.03. The number of aliphatic imine (C=N–C) groups is 1. The van der Waals surface area contributed by atoms with E-state index in [4.69, 9.17) is 0 Å². The molecule has 0 bridgehead atoms. The smallest absolute Gasteiger partial charge is 0.193 e. The van der Waals surface area contributed by atoms with Gasteiger partial charge in [-0.3, -0.25) is 4.99 Å². The summed E-state index contributed by atoms with van der Waals surface area (Å²) in [5.74, 6) is 1.76. The summed E-state index contributed by atoms with van der Waals surface area (Å²) in [7, 11) is 3.98. The normalized spacial score (nSPS) is 18.2. The van der Waals surface area contributed by atoms with E-state index in [9.17, 15) is 0 Å². The average Bonchev–Trinajstić information content (AvgIpc) is 3.00.